The molecule has 0 N–H and O–H groups in total. The largest absolute Gasteiger partial charge is 0.456 e. The van der Waals surface area contributed by atoms with Crippen LogP contribution in [0.4, 0.5) is 0 Å². The van der Waals surface area contributed by atoms with Crippen molar-refractivity contribution < 1.29 is 4.42 Å². The molecule has 0 saturated carbocycles. The summed E-state index contributed by atoms with van der Waals surface area (Å²) in [7, 11) is 0. The highest BCUT2D eigenvalue weighted by Gasteiger charge is 2.22. The Labute approximate surface area is 734 Å². The van der Waals surface area contributed by atoms with Crippen LogP contribution in [-0.2, 0) is 0 Å². The lowest BCUT2D eigenvalue weighted by Gasteiger charge is -2.17. The first-order chi connectivity index (χ1) is 62.4. The van der Waals surface area contributed by atoms with Gasteiger partial charge in [-0.2, -0.15) is 0 Å². The number of fused-ring (bicyclic) bond motifs is 7. The van der Waals surface area contributed by atoms with E-state index in [0.29, 0.717) is 0 Å². The average Bonchev–Trinajstić information content (AvgIpc) is 0.978. The Kier molecular flexibility index (Phi) is 20.1. The standard InChI is InChI=1S/C62H40N2S.C57H37N3O/c1-5-17-41(18-6-1)57-37-48(38-58(63-57)42-19-7-2-8-20-42)46-33-47(49-39-59(43-21-9-3-10-22-43)64-60(40-49)44-23-11-4-12-24-44)35-50(34-46)52-31-30-51(53-25-13-14-26-54(52)53)45-29-32-62-56(36-45)55-27-15-16-28-61(55)65-62;1-5-15-38(16-6-1)52-32-46(33-53(59-52)39-17-7-2-8-18-39)43-27-44(47-34-54(40-19-9-3-10-20-40)60-55(35-47)41-21-11-4-12-22-41)29-45(28-43)49-30-48(36-58-37-49)42-25-26-57-51(31-42)50-23-13-14-24-56(50)61-57/h1-40H;1-37H. The summed E-state index contributed by atoms with van der Waals surface area (Å²) in [6.07, 6.45) is 3.91. The van der Waals surface area contributed by atoms with Crippen LogP contribution < -0.4 is 0 Å². The van der Waals surface area contributed by atoms with Crippen LogP contribution >= 0.6 is 11.3 Å². The first-order valence-corrected chi connectivity index (χ1v) is 43.3. The lowest BCUT2D eigenvalue weighted by atomic mass is 9.88. The van der Waals surface area contributed by atoms with Crippen LogP contribution in [0.5, 0.6) is 0 Å². The van der Waals surface area contributed by atoms with Crippen molar-refractivity contribution in [1.29, 1.82) is 0 Å². The number of para-hydroxylation sites is 1. The molecule has 0 radical (unpaired) electrons. The smallest absolute Gasteiger partial charge is 0.135 e. The third kappa shape index (κ3) is 15.4. The van der Waals surface area contributed by atoms with E-state index < -0.39 is 0 Å². The van der Waals surface area contributed by atoms with E-state index in [1.807, 2.05) is 60.1 Å². The summed E-state index contributed by atoms with van der Waals surface area (Å²) in [6.45, 7) is 0. The van der Waals surface area contributed by atoms with Crippen molar-refractivity contribution in [1.82, 2.24) is 24.9 Å². The molecule has 23 rings (SSSR count). The lowest BCUT2D eigenvalue weighted by Crippen LogP contribution is -1.94. The van der Waals surface area contributed by atoms with Crippen molar-refractivity contribution >= 4 is 64.2 Å². The van der Waals surface area contributed by atoms with Gasteiger partial charge < -0.3 is 4.42 Å². The quantitative estimate of drug-likeness (QED) is 0.0959. The summed E-state index contributed by atoms with van der Waals surface area (Å²) in [5.41, 5.74) is 35.3. The van der Waals surface area contributed by atoms with E-state index in [-0.39, 0.29) is 0 Å². The molecule has 0 saturated heterocycles. The van der Waals surface area contributed by atoms with Crippen molar-refractivity contribution in [2.45, 2.75) is 0 Å². The van der Waals surface area contributed by atoms with Crippen molar-refractivity contribution in [3.63, 3.8) is 0 Å². The Balaban J connectivity index is 0.000000149. The Morgan fingerprint density at radius 3 is 0.794 bits per heavy atom. The van der Waals surface area contributed by atoms with Gasteiger partial charge in [0.05, 0.1) is 45.6 Å². The third-order valence-electron chi connectivity index (χ3n) is 23.8. The van der Waals surface area contributed by atoms with Gasteiger partial charge in [0.2, 0.25) is 0 Å². The number of rotatable bonds is 16. The predicted molar refractivity (Wildman–Crippen MR) is 527 cm³/mol. The minimum atomic E-state index is 0.871. The molecule has 23 aromatic rings. The molecule has 0 aliphatic rings. The molecule has 0 atom stereocenters. The molecule has 0 aliphatic heterocycles. The monoisotopic (exact) mass is 1620 g/mol. The van der Waals surface area contributed by atoms with E-state index >= 15 is 0 Å². The number of nitrogens with zero attached hydrogens (tertiary/aromatic N) is 5. The van der Waals surface area contributed by atoms with E-state index in [4.69, 9.17) is 29.3 Å². The highest BCUT2D eigenvalue weighted by molar-refractivity contribution is 7.25. The predicted octanol–water partition coefficient (Wildman–Crippen LogP) is 32.4. The second-order valence-corrected chi connectivity index (χ2v) is 32.9. The molecule has 590 valence electrons. The fraction of sp³-hybridized carbons (Fsp3) is 0. The first-order valence-electron chi connectivity index (χ1n) is 42.5. The second kappa shape index (κ2) is 33.5. The van der Waals surface area contributed by atoms with E-state index in [1.54, 1.807) is 0 Å². The summed E-state index contributed by atoms with van der Waals surface area (Å²) in [5, 5.41) is 7.23. The third-order valence-corrected chi connectivity index (χ3v) is 24.9. The van der Waals surface area contributed by atoms with E-state index in [9.17, 15) is 0 Å². The van der Waals surface area contributed by atoms with Crippen LogP contribution in [0, 0.1) is 0 Å². The van der Waals surface area contributed by atoms with E-state index in [1.165, 1.54) is 47.6 Å². The SMILES string of the molecule is c1ccc(-c2cc(-c3cc(-c4cc(-c5ccccc5)nc(-c5ccccc5)c4)cc(-c4ccc(-c5ccc6sc7ccccc7c6c5)c5ccccc45)c3)cc(-c3ccccc3)n2)cc1.c1ccc(-c2cc(-c3cc(-c4cncc(-c5ccc6oc7ccccc7c6c5)c4)cc(-c4cc(-c5ccccc5)nc(-c5ccccc5)c4)c3)cc(-c3ccccc3)n2)cc1. The number of furan rings is 1. The number of thiophene rings is 1. The van der Waals surface area contributed by atoms with E-state index in [2.05, 4.69) is 419 Å². The highest BCUT2D eigenvalue weighted by Crippen LogP contribution is 2.46. The summed E-state index contributed by atoms with van der Waals surface area (Å²) >= 11 is 1.86. The zero-order valence-electron chi connectivity index (χ0n) is 68.5. The molecule has 0 aliphatic carbocycles. The van der Waals surface area contributed by atoms with Crippen molar-refractivity contribution in [3.8, 4) is 179 Å². The van der Waals surface area contributed by atoms with Crippen molar-refractivity contribution in [3.05, 3.63) is 467 Å². The summed E-state index contributed by atoms with van der Waals surface area (Å²) in [4.78, 5) is 25.8. The molecule has 7 aromatic heterocycles. The molecule has 0 amide bonds. The zero-order valence-corrected chi connectivity index (χ0v) is 69.3. The van der Waals surface area contributed by atoms with Gasteiger partial charge in [-0.15, -0.1) is 11.3 Å². The Morgan fingerprint density at radius 2 is 0.413 bits per heavy atom. The van der Waals surface area contributed by atoms with Crippen molar-refractivity contribution in [2.24, 2.45) is 0 Å². The van der Waals surface area contributed by atoms with Gasteiger partial charge in [-0.25, -0.2) is 19.9 Å². The van der Waals surface area contributed by atoms with Gasteiger partial charge in [0.15, 0.2) is 0 Å². The summed E-state index contributed by atoms with van der Waals surface area (Å²) in [5.74, 6) is 0. The topological polar surface area (TPSA) is 77.6 Å². The van der Waals surface area contributed by atoms with Crippen LogP contribution in [0.15, 0.2) is 472 Å². The molecule has 7 heteroatoms. The molecule has 0 spiro atoms. The van der Waals surface area contributed by atoms with Gasteiger partial charge >= 0.3 is 0 Å². The highest BCUT2D eigenvalue weighted by atomic mass is 32.1. The fourth-order valence-corrected chi connectivity index (χ4v) is 18.5. The summed E-state index contributed by atoms with van der Waals surface area (Å²) < 4.78 is 8.80. The number of hydrogen-bond acceptors (Lipinski definition) is 7. The maximum atomic E-state index is 6.17. The Bertz CT molecular complexity index is 7460. The van der Waals surface area contributed by atoms with Gasteiger partial charge in [0, 0.05) is 99.0 Å². The molecule has 7 heterocycles. The average molecular weight is 1630 g/mol. The minimum absolute atomic E-state index is 0.871. The maximum Gasteiger partial charge on any atom is 0.135 e. The van der Waals surface area contributed by atoms with Gasteiger partial charge in [-0.05, 0) is 216 Å². The molecule has 16 aromatic carbocycles. The van der Waals surface area contributed by atoms with Gasteiger partial charge in [0.25, 0.3) is 0 Å². The van der Waals surface area contributed by atoms with Gasteiger partial charge in [0.1, 0.15) is 11.2 Å². The van der Waals surface area contributed by atoms with Crippen LogP contribution in [0.25, 0.3) is 232 Å². The molecule has 0 bridgehead atoms. The van der Waals surface area contributed by atoms with Crippen LogP contribution in [-0.4, -0.2) is 24.9 Å². The van der Waals surface area contributed by atoms with Crippen molar-refractivity contribution in [2.75, 3.05) is 0 Å². The van der Waals surface area contributed by atoms with Crippen LogP contribution in [0.3, 0.4) is 0 Å². The van der Waals surface area contributed by atoms with Crippen LogP contribution in [0.2, 0.25) is 0 Å². The van der Waals surface area contributed by atoms with E-state index in [0.717, 1.165) is 184 Å². The second-order valence-electron chi connectivity index (χ2n) is 31.8. The molecule has 0 fully saturated rings. The minimum Gasteiger partial charge on any atom is -0.456 e. The molecular formula is C119H77N5OS. The number of benzene rings is 16. The normalized spacial score (nSPS) is 11.3. The van der Waals surface area contributed by atoms with Gasteiger partial charge in [-0.3, -0.25) is 4.98 Å². The number of pyridine rings is 5. The maximum absolute atomic E-state index is 6.17. The molecule has 126 heavy (non-hydrogen) atoms. The Morgan fingerprint density at radius 1 is 0.151 bits per heavy atom. The lowest BCUT2D eigenvalue weighted by molar-refractivity contribution is 0.669. The molecule has 0 unspecified atom stereocenters. The van der Waals surface area contributed by atoms with Gasteiger partial charge in [-0.1, -0.05) is 328 Å². The summed E-state index contributed by atoms with van der Waals surface area (Å²) in [6, 6.07) is 161. The number of hydrogen-bond donors (Lipinski definition) is 0. The fourth-order valence-electron chi connectivity index (χ4n) is 17.4. The zero-order chi connectivity index (χ0) is 83.6. The molecule has 6 nitrogen and oxygen atoms in total. The first kappa shape index (κ1) is 75.7. The Hall–Kier alpha value is -16.5. The number of aromatic nitrogens is 5. The molecular weight excluding hydrogens is 1550 g/mol. The van der Waals surface area contributed by atoms with Crippen LogP contribution in [0.1, 0.15) is 0 Å².